The predicted molar refractivity (Wildman–Crippen MR) is 56.2 cm³/mol. The molecule has 0 bridgehead atoms. The normalized spacial score (nSPS) is 10.7. The fraction of sp³-hybridized carbons (Fsp3) is 0.429. The molecule has 0 aliphatic rings. The van der Waals surface area contributed by atoms with E-state index in [1.807, 2.05) is 7.05 Å². The molecule has 0 unspecified atom stereocenters. The Labute approximate surface area is 90.6 Å². The summed E-state index contributed by atoms with van der Waals surface area (Å²) in [7, 11) is 1.81. The molecule has 2 aromatic rings. The lowest BCUT2D eigenvalue weighted by atomic mass is 10.6. The second-order valence-corrected chi connectivity index (χ2v) is 4.03. The predicted octanol–water partition coefficient (Wildman–Crippen LogP) is -0.219. The van der Waals surface area contributed by atoms with E-state index in [1.54, 1.807) is 33.5 Å². The highest BCUT2D eigenvalue weighted by atomic mass is 32.2. The SMILES string of the molecule is Cn1nnnc1SCCn1cc(N)cn1. The lowest BCUT2D eigenvalue weighted by molar-refractivity contribution is 0.654. The topological polar surface area (TPSA) is 87.4 Å². The van der Waals surface area contributed by atoms with Crippen LogP contribution in [-0.4, -0.2) is 35.7 Å². The van der Waals surface area contributed by atoms with Crippen LogP contribution in [0.4, 0.5) is 5.69 Å². The van der Waals surface area contributed by atoms with Crippen LogP contribution in [0.1, 0.15) is 0 Å². The Balaban J connectivity index is 1.83. The van der Waals surface area contributed by atoms with Gasteiger partial charge in [-0.25, -0.2) is 4.68 Å². The van der Waals surface area contributed by atoms with E-state index >= 15 is 0 Å². The summed E-state index contributed by atoms with van der Waals surface area (Å²) in [6.07, 6.45) is 3.43. The van der Waals surface area contributed by atoms with Gasteiger partial charge in [0.05, 0.1) is 18.4 Å². The maximum atomic E-state index is 5.54. The van der Waals surface area contributed by atoms with E-state index in [0.29, 0.717) is 5.69 Å². The molecule has 0 saturated carbocycles. The lowest BCUT2D eigenvalue weighted by Crippen LogP contribution is -2.02. The molecule has 0 spiro atoms. The molecular weight excluding hydrogens is 214 g/mol. The fourth-order valence-electron chi connectivity index (χ4n) is 1.08. The minimum atomic E-state index is 0.681. The van der Waals surface area contributed by atoms with Crippen LogP contribution in [0.15, 0.2) is 17.6 Å². The Hall–Kier alpha value is -1.57. The summed E-state index contributed by atoms with van der Waals surface area (Å²) < 4.78 is 3.44. The minimum Gasteiger partial charge on any atom is -0.396 e. The molecule has 0 atom stereocenters. The number of nitrogens with zero attached hydrogens (tertiary/aromatic N) is 6. The maximum Gasteiger partial charge on any atom is 0.209 e. The van der Waals surface area contributed by atoms with Gasteiger partial charge in [0.2, 0.25) is 5.16 Å². The van der Waals surface area contributed by atoms with Gasteiger partial charge < -0.3 is 5.73 Å². The third-order valence-electron chi connectivity index (χ3n) is 1.79. The van der Waals surface area contributed by atoms with Crippen molar-refractivity contribution in [1.29, 1.82) is 0 Å². The van der Waals surface area contributed by atoms with Crippen LogP contribution in [0.3, 0.4) is 0 Å². The van der Waals surface area contributed by atoms with Crippen molar-refractivity contribution in [2.24, 2.45) is 7.05 Å². The zero-order chi connectivity index (χ0) is 10.7. The molecular formula is C7H11N7S. The number of hydrogen-bond donors (Lipinski definition) is 1. The Morgan fingerprint density at radius 3 is 3.00 bits per heavy atom. The van der Waals surface area contributed by atoms with Gasteiger partial charge in [0.1, 0.15) is 0 Å². The van der Waals surface area contributed by atoms with E-state index in [9.17, 15) is 0 Å². The Morgan fingerprint density at radius 1 is 1.53 bits per heavy atom. The number of tetrazole rings is 1. The molecule has 7 nitrogen and oxygen atoms in total. The smallest absolute Gasteiger partial charge is 0.209 e. The zero-order valence-corrected chi connectivity index (χ0v) is 9.05. The van der Waals surface area contributed by atoms with E-state index in [-0.39, 0.29) is 0 Å². The van der Waals surface area contributed by atoms with Crippen LogP contribution >= 0.6 is 11.8 Å². The number of nitrogen functional groups attached to an aromatic ring is 1. The second-order valence-electron chi connectivity index (χ2n) is 2.97. The van der Waals surface area contributed by atoms with Crippen molar-refractivity contribution < 1.29 is 0 Å². The minimum absolute atomic E-state index is 0.681. The first-order chi connectivity index (χ1) is 7.25. The number of aryl methyl sites for hydroxylation is 2. The lowest BCUT2D eigenvalue weighted by Gasteiger charge is -1.99. The molecule has 2 heterocycles. The average molecular weight is 225 g/mol. The average Bonchev–Trinajstić information content (AvgIpc) is 2.77. The van der Waals surface area contributed by atoms with Gasteiger partial charge in [0.15, 0.2) is 0 Å². The molecule has 80 valence electrons. The summed E-state index contributed by atoms with van der Waals surface area (Å²) >= 11 is 1.58. The molecule has 0 amide bonds. The van der Waals surface area contributed by atoms with Gasteiger partial charge in [-0.15, -0.1) is 5.10 Å². The van der Waals surface area contributed by atoms with Crippen LogP contribution in [-0.2, 0) is 13.6 Å². The Kier molecular flexibility index (Phi) is 2.86. The van der Waals surface area contributed by atoms with Crippen LogP contribution < -0.4 is 5.73 Å². The van der Waals surface area contributed by atoms with Crippen LogP contribution in [0.25, 0.3) is 0 Å². The molecule has 0 radical (unpaired) electrons. The summed E-state index contributed by atoms with van der Waals surface area (Å²) in [5, 5.41) is 16.0. The molecule has 2 aromatic heterocycles. The van der Waals surface area contributed by atoms with Crippen molar-refractivity contribution in [3.8, 4) is 0 Å². The maximum absolute atomic E-state index is 5.54. The van der Waals surface area contributed by atoms with E-state index in [1.165, 1.54) is 0 Å². The van der Waals surface area contributed by atoms with Crippen molar-refractivity contribution in [2.45, 2.75) is 11.7 Å². The Morgan fingerprint density at radius 2 is 2.40 bits per heavy atom. The Bertz CT molecular complexity index is 434. The molecule has 0 aliphatic heterocycles. The van der Waals surface area contributed by atoms with Gasteiger partial charge in [-0.2, -0.15) is 5.10 Å². The molecule has 15 heavy (non-hydrogen) atoms. The van der Waals surface area contributed by atoms with E-state index < -0.39 is 0 Å². The summed E-state index contributed by atoms with van der Waals surface area (Å²) in [5.74, 6) is 0.856. The number of thioether (sulfide) groups is 1. The van der Waals surface area contributed by atoms with Gasteiger partial charge in [-0.1, -0.05) is 11.8 Å². The van der Waals surface area contributed by atoms with Crippen LogP contribution in [0.2, 0.25) is 0 Å². The number of rotatable bonds is 4. The standard InChI is InChI=1S/C7H11N7S/c1-13-7(10-11-12-13)15-3-2-14-5-6(8)4-9-14/h4-5H,2-3,8H2,1H3. The quantitative estimate of drug-likeness (QED) is 0.724. The first-order valence-electron chi connectivity index (χ1n) is 4.39. The monoisotopic (exact) mass is 225 g/mol. The van der Waals surface area contributed by atoms with Crippen LogP contribution in [0, 0.1) is 0 Å². The van der Waals surface area contributed by atoms with Crippen molar-refractivity contribution in [3.05, 3.63) is 12.4 Å². The summed E-state index contributed by atoms with van der Waals surface area (Å²) in [5.41, 5.74) is 6.22. The first-order valence-corrected chi connectivity index (χ1v) is 5.37. The highest BCUT2D eigenvalue weighted by Crippen LogP contribution is 2.12. The third kappa shape index (κ3) is 2.46. The molecule has 0 aliphatic carbocycles. The number of aromatic nitrogens is 6. The van der Waals surface area contributed by atoms with Gasteiger partial charge >= 0.3 is 0 Å². The summed E-state index contributed by atoms with van der Waals surface area (Å²) in [6.45, 7) is 0.786. The van der Waals surface area contributed by atoms with Crippen molar-refractivity contribution in [2.75, 3.05) is 11.5 Å². The van der Waals surface area contributed by atoms with E-state index in [0.717, 1.165) is 17.5 Å². The fourth-order valence-corrected chi connectivity index (χ4v) is 1.85. The number of anilines is 1. The zero-order valence-electron chi connectivity index (χ0n) is 8.24. The molecule has 0 saturated heterocycles. The van der Waals surface area contributed by atoms with Crippen molar-refractivity contribution >= 4 is 17.4 Å². The highest BCUT2D eigenvalue weighted by molar-refractivity contribution is 7.99. The van der Waals surface area contributed by atoms with E-state index in [4.69, 9.17) is 5.73 Å². The summed E-state index contributed by atoms with van der Waals surface area (Å²) in [4.78, 5) is 0. The molecule has 0 fully saturated rings. The number of hydrogen-bond acceptors (Lipinski definition) is 6. The van der Waals surface area contributed by atoms with E-state index in [2.05, 4.69) is 20.6 Å². The van der Waals surface area contributed by atoms with Crippen molar-refractivity contribution in [1.82, 2.24) is 30.0 Å². The molecule has 0 aromatic carbocycles. The summed E-state index contributed by atoms with van der Waals surface area (Å²) in [6, 6.07) is 0. The molecule has 8 heteroatoms. The van der Waals surface area contributed by atoms with Crippen molar-refractivity contribution in [3.63, 3.8) is 0 Å². The second kappa shape index (κ2) is 4.30. The van der Waals surface area contributed by atoms with Gasteiger partial charge in [0.25, 0.3) is 0 Å². The van der Waals surface area contributed by atoms with Crippen LogP contribution in [0.5, 0.6) is 0 Å². The largest absolute Gasteiger partial charge is 0.396 e. The van der Waals surface area contributed by atoms with Gasteiger partial charge in [-0.3, -0.25) is 4.68 Å². The third-order valence-corrected chi connectivity index (χ3v) is 2.78. The highest BCUT2D eigenvalue weighted by Gasteiger charge is 2.02. The van der Waals surface area contributed by atoms with Gasteiger partial charge in [0, 0.05) is 19.0 Å². The molecule has 2 rings (SSSR count). The number of nitrogens with two attached hydrogens (primary N) is 1. The van der Waals surface area contributed by atoms with Gasteiger partial charge in [-0.05, 0) is 10.4 Å². The first kappa shape index (κ1) is 9.97. The molecule has 2 N–H and O–H groups in total.